The third-order valence-corrected chi connectivity index (χ3v) is 4.72. The summed E-state index contributed by atoms with van der Waals surface area (Å²) in [6.07, 6.45) is 1.01. The van der Waals surface area contributed by atoms with E-state index in [-0.39, 0.29) is 5.82 Å². The molecule has 0 spiro atoms. The molecule has 4 aromatic rings. The second-order valence-corrected chi connectivity index (χ2v) is 6.52. The van der Waals surface area contributed by atoms with Crippen molar-refractivity contribution in [3.63, 3.8) is 0 Å². The largest absolute Gasteiger partial charge is 0.365 e. The molecular formula is C20H16FN5. The van der Waals surface area contributed by atoms with E-state index in [0.29, 0.717) is 17.6 Å². The van der Waals surface area contributed by atoms with Crippen LogP contribution in [0.4, 0.5) is 10.2 Å². The fraction of sp³-hybridized carbons (Fsp3) is 0.150. The third-order valence-electron chi connectivity index (χ3n) is 4.72. The molecule has 0 unspecified atom stereocenters. The minimum Gasteiger partial charge on any atom is -0.365 e. The van der Waals surface area contributed by atoms with Crippen LogP contribution in [0.2, 0.25) is 0 Å². The van der Waals surface area contributed by atoms with E-state index in [0.717, 1.165) is 29.2 Å². The summed E-state index contributed by atoms with van der Waals surface area (Å²) in [5.41, 5.74) is 2.83. The van der Waals surface area contributed by atoms with Gasteiger partial charge in [-0.25, -0.2) is 4.39 Å². The molecule has 0 bridgehead atoms. The first-order valence-electron chi connectivity index (χ1n) is 8.58. The van der Waals surface area contributed by atoms with Gasteiger partial charge in [-0.05, 0) is 36.2 Å². The highest BCUT2D eigenvalue weighted by atomic mass is 19.1. The van der Waals surface area contributed by atoms with Crippen molar-refractivity contribution in [1.82, 2.24) is 19.8 Å². The summed E-state index contributed by atoms with van der Waals surface area (Å²) in [7, 11) is 0. The molecule has 6 heteroatoms. The van der Waals surface area contributed by atoms with Crippen molar-refractivity contribution in [2.24, 2.45) is 0 Å². The number of anilines is 1. The topological polar surface area (TPSA) is 55.1 Å². The number of fused-ring (bicyclic) bond motifs is 1. The van der Waals surface area contributed by atoms with Gasteiger partial charge in [0.2, 0.25) is 0 Å². The van der Waals surface area contributed by atoms with Crippen LogP contribution < -0.4 is 5.32 Å². The lowest BCUT2D eigenvalue weighted by atomic mass is 10.1. The van der Waals surface area contributed by atoms with E-state index in [1.807, 2.05) is 54.6 Å². The summed E-state index contributed by atoms with van der Waals surface area (Å²) in [5, 5.41) is 16.6. The van der Waals surface area contributed by atoms with Crippen LogP contribution in [0.15, 0.2) is 66.7 Å². The van der Waals surface area contributed by atoms with Gasteiger partial charge in [-0.2, -0.15) is 4.52 Å². The number of hydrogen-bond donors (Lipinski definition) is 1. The van der Waals surface area contributed by atoms with Crippen LogP contribution in [0.25, 0.3) is 17.0 Å². The number of rotatable bonds is 4. The Balaban J connectivity index is 1.39. The highest BCUT2D eigenvalue weighted by Gasteiger charge is 2.38. The van der Waals surface area contributed by atoms with Crippen LogP contribution in [0, 0.1) is 5.82 Å². The van der Waals surface area contributed by atoms with Crippen LogP contribution in [0.5, 0.6) is 0 Å². The monoisotopic (exact) mass is 345 g/mol. The maximum atomic E-state index is 13.1. The van der Waals surface area contributed by atoms with Crippen molar-refractivity contribution in [2.75, 3.05) is 5.32 Å². The van der Waals surface area contributed by atoms with Crippen LogP contribution in [0.3, 0.4) is 0 Å². The number of benzene rings is 2. The Bertz CT molecular complexity index is 1060. The highest BCUT2D eigenvalue weighted by molar-refractivity contribution is 5.59. The Morgan fingerprint density at radius 3 is 2.54 bits per heavy atom. The molecular weight excluding hydrogens is 329 g/mol. The van der Waals surface area contributed by atoms with Crippen LogP contribution in [-0.2, 0) is 0 Å². The average Bonchev–Trinajstić information content (AvgIpc) is 3.31. The molecule has 0 saturated heterocycles. The SMILES string of the molecule is Fc1ccc([C@@H]2C[C@H]2Nc2ccc3nnc(-c4ccccc4)n3n2)cc1. The fourth-order valence-corrected chi connectivity index (χ4v) is 3.26. The van der Waals surface area contributed by atoms with E-state index in [4.69, 9.17) is 0 Å². The minimum atomic E-state index is -0.202. The summed E-state index contributed by atoms with van der Waals surface area (Å²) in [6, 6.07) is 20.7. The molecule has 1 saturated carbocycles. The maximum absolute atomic E-state index is 13.1. The maximum Gasteiger partial charge on any atom is 0.185 e. The fourth-order valence-electron chi connectivity index (χ4n) is 3.26. The molecule has 2 aromatic heterocycles. The predicted octanol–water partition coefficient (Wildman–Crippen LogP) is 3.90. The standard InChI is InChI=1S/C20H16FN5/c21-15-8-6-13(7-9-15)16-12-17(16)22-18-10-11-19-23-24-20(26(19)25-18)14-4-2-1-3-5-14/h1-11,16-17H,12H2,(H,22,25)/t16-,17+/m0/s1. The zero-order valence-electron chi connectivity index (χ0n) is 13.9. The van der Waals surface area contributed by atoms with Gasteiger partial charge in [-0.1, -0.05) is 42.5 Å². The number of hydrogen-bond acceptors (Lipinski definition) is 4. The lowest BCUT2D eigenvalue weighted by Gasteiger charge is -2.06. The number of aromatic nitrogens is 4. The lowest BCUT2D eigenvalue weighted by Crippen LogP contribution is -2.08. The molecule has 1 aliphatic rings. The van der Waals surface area contributed by atoms with E-state index in [9.17, 15) is 4.39 Å². The van der Waals surface area contributed by atoms with Crippen molar-refractivity contribution in [1.29, 1.82) is 0 Å². The van der Waals surface area contributed by atoms with Gasteiger partial charge in [-0.15, -0.1) is 15.3 Å². The number of nitrogens with one attached hydrogen (secondary N) is 1. The molecule has 1 aliphatic carbocycles. The minimum absolute atomic E-state index is 0.202. The first kappa shape index (κ1) is 15.0. The Labute approximate surface area is 149 Å². The Morgan fingerprint density at radius 1 is 0.923 bits per heavy atom. The van der Waals surface area contributed by atoms with E-state index in [1.54, 1.807) is 4.52 Å². The normalized spacial score (nSPS) is 18.8. The van der Waals surface area contributed by atoms with Gasteiger partial charge in [0.15, 0.2) is 11.5 Å². The Morgan fingerprint density at radius 2 is 1.73 bits per heavy atom. The molecule has 128 valence electrons. The quantitative estimate of drug-likeness (QED) is 0.609. The van der Waals surface area contributed by atoms with Crippen LogP contribution in [-0.4, -0.2) is 25.9 Å². The van der Waals surface area contributed by atoms with Gasteiger partial charge in [0.25, 0.3) is 0 Å². The van der Waals surface area contributed by atoms with Crippen molar-refractivity contribution < 1.29 is 4.39 Å². The summed E-state index contributed by atoms with van der Waals surface area (Å²) < 4.78 is 14.8. The summed E-state index contributed by atoms with van der Waals surface area (Å²) in [6.45, 7) is 0. The smallest absolute Gasteiger partial charge is 0.185 e. The molecule has 0 radical (unpaired) electrons. The molecule has 2 heterocycles. The van der Waals surface area contributed by atoms with E-state index >= 15 is 0 Å². The van der Waals surface area contributed by atoms with Crippen LogP contribution in [0.1, 0.15) is 17.9 Å². The van der Waals surface area contributed by atoms with E-state index in [1.165, 1.54) is 12.1 Å². The molecule has 5 nitrogen and oxygen atoms in total. The van der Waals surface area contributed by atoms with Crippen LogP contribution >= 0.6 is 0 Å². The van der Waals surface area contributed by atoms with Gasteiger partial charge >= 0.3 is 0 Å². The molecule has 1 fully saturated rings. The Hall–Kier alpha value is -3.28. The summed E-state index contributed by atoms with van der Waals surface area (Å²) in [5.74, 6) is 1.69. The summed E-state index contributed by atoms with van der Waals surface area (Å²) >= 11 is 0. The molecule has 0 amide bonds. The van der Waals surface area contributed by atoms with Gasteiger partial charge in [0, 0.05) is 17.5 Å². The molecule has 0 aliphatic heterocycles. The zero-order chi connectivity index (χ0) is 17.5. The molecule has 2 atom stereocenters. The van der Waals surface area contributed by atoms with Crippen molar-refractivity contribution in [2.45, 2.75) is 18.4 Å². The van der Waals surface area contributed by atoms with E-state index in [2.05, 4.69) is 20.6 Å². The van der Waals surface area contributed by atoms with Gasteiger partial charge in [0.05, 0.1) is 0 Å². The Kier molecular flexibility index (Phi) is 3.41. The predicted molar refractivity (Wildman–Crippen MR) is 97.4 cm³/mol. The first-order chi connectivity index (χ1) is 12.8. The van der Waals surface area contributed by atoms with E-state index < -0.39 is 0 Å². The third kappa shape index (κ3) is 2.69. The molecule has 5 rings (SSSR count). The summed E-state index contributed by atoms with van der Waals surface area (Å²) in [4.78, 5) is 0. The average molecular weight is 345 g/mol. The second kappa shape index (κ2) is 5.91. The first-order valence-corrected chi connectivity index (χ1v) is 8.58. The highest BCUT2D eigenvalue weighted by Crippen LogP contribution is 2.42. The molecule has 1 N–H and O–H groups in total. The van der Waals surface area contributed by atoms with Crippen molar-refractivity contribution >= 4 is 11.5 Å². The van der Waals surface area contributed by atoms with Gasteiger partial charge < -0.3 is 5.32 Å². The van der Waals surface area contributed by atoms with Gasteiger partial charge in [-0.3, -0.25) is 0 Å². The molecule has 26 heavy (non-hydrogen) atoms. The number of halogens is 1. The van der Waals surface area contributed by atoms with Gasteiger partial charge in [0.1, 0.15) is 11.6 Å². The lowest BCUT2D eigenvalue weighted by molar-refractivity contribution is 0.627. The second-order valence-electron chi connectivity index (χ2n) is 6.52. The zero-order valence-corrected chi connectivity index (χ0v) is 13.9. The van der Waals surface area contributed by atoms with Crippen molar-refractivity contribution in [3.8, 4) is 11.4 Å². The molecule has 2 aromatic carbocycles. The number of nitrogens with zero attached hydrogens (tertiary/aromatic N) is 4. The van der Waals surface area contributed by atoms with Crippen molar-refractivity contribution in [3.05, 3.63) is 78.1 Å².